The molecule has 3 N–H and O–H groups in total. The lowest BCUT2D eigenvalue weighted by molar-refractivity contribution is 0.0946. The Bertz CT molecular complexity index is 493. The summed E-state index contributed by atoms with van der Waals surface area (Å²) in [5.74, 6) is 0.815. The van der Waals surface area contributed by atoms with Crippen LogP contribution in [0.1, 0.15) is 42.5 Å². The fraction of sp³-hybridized carbons (Fsp3) is 0.571. The highest BCUT2D eigenvalue weighted by Crippen LogP contribution is 2.33. The molecule has 2 aliphatic heterocycles. The Hall–Kier alpha value is -1.13. The van der Waals surface area contributed by atoms with Crippen LogP contribution in [0.2, 0.25) is 5.02 Å². The van der Waals surface area contributed by atoms with Crippen molar-refractivity contribution >= 4 is 23.2 Å². The number of pyridine rings is 1. The van der Waals surface area contributed by atoms with Gasteiger partial charge in [0.25, 0.3) is 0 Å². The van der Waals surface area contributed by atoms with Gasteiger partial charge in [-0.05, 0) is 37.7 Å². The first kappa shape index (κ1) is 12.9. The Labute approximate surface area is 117 Å². The molecule has 4 nitrogen and oxygen atoms in total. The van der Waals surface area contributed by atoms with Gasteiger partial charge in [-0.3, -0.25) is 4.79 Å². The second-order valence-corrected chi connectivity index (χ2v) is 6.13. The van der Waals surface area contributed by atoms with Crippen LogP contribution in [0.15, 0.2) is 12.3 Å². The lowest BCUT2D eigenvalue weighted by Gasteiger charge is -2.28. The summed E-state index contributed by atoms with van der Waals surface area (Å²) in [5.41, 5.74) is 6.23. The number of Topliss-reactive ketones (excluding diaryl/α,β-unsaturated/α-hetero) is 1. The standard InChI is InChI=1S/C14H18ClN3O/c15-9-6-12(14(16)17-7-9)13(19)5-8-3-10-1-2-11(4-8)18-10/h6-8,10-11,18H,1-5H2,(H2,16,17). The lowest BCUT2D eigenvalue weighted by Crippen LogP contribution is -2.38. The zero-order valence-corrected chi connectivity index (χ0v) is 11.5. The van der Waals surface area contributed by atoms with Gasteiger partial charge in [-0.25, -0.2) is 4.98 Å². The summed E-state index contributed by atoms with van der Waals surface area (Å²) < 4.78 is 0. The van der Waals surface area contributed by atoms with Crippen LogP contribution in [0.5, 0.6) is 0 Å². The lowest BCUT2D eigenvalue weighted by atomic mass is 9.87. The number of hydrogen-bond acceptors (Lipinski definition) is 4. The van der Waals surface area contributed by atoms with Crippen LogP contribution in [0.25, 0.3) is 0 Å². The normalized spacial score (nSPS) is 29.4. The molecule has 19 heavy (non-hydrogen) atoms. The summed E-state index contributed by atoms with van der Waals surface area (Å²) in [4.78, 5) is 16.3. The van der Waals surface area contributed by atoms with Crippen molar-refractivity contribution in [3.8, 4) is 0 Å². The van der Waals surface area contributed by atoms with Crippen LogP contribution in [-0.4, -0.2) is 22.9 Å². The van der Waals surface area contributed by atoms with Crippen molar-refractivity contribution in [3.63, 3.8) is 0 Å². The number of nitrogens with one attached hydrogen (secondary N) is 1. The van der Waals surface area contributed by atoms with Crippen LogP contribution in [0, 0.1) is 5.92 Å². The van der Waals surface area contributed by atoms with Crippen LogP contribution in [-0.2, 0) is 0 Å². The molecule has 2 unspecified atom stereocenters. The molecule has 2 aliphatic rings. The van der Waals surface area contributed by atoms with Gasteiger partial charge < -0.3 is 11.1 Å². The van der Waals surface area contributed by atoms with Gasteiger partial charge in [-0.15, -0.1) is 0 Å². The van der Waals surface area contributed by atoms with Crippen molar-refractivity contribution in [3.05, 3.63) is 22.8 Å². The Morgan fingerprint density at radius 3 is 2.79 bits per heavy atom. The first-order chi connectivity index (χ1) is 9.11. The first-order valence-corrected chi connectivity index (χ1v) is 7.20. The van der Waals surface area contributed by atoms with E-state index in [1.807, 2.05) is 0 Å². The Morgan fingerprint density at radius 1 is 1.42 bits per heavy atom. The molecular formula is C14H18ClN3O. The highest BCUT2D eigenvalue weighted by Gasteiger charge is 2.34. The van der Waals surface area contributed by atoms with Crippen molar-refractivity contribution in [2.45, 2.75) is 44.2 Å². The van der Waals surface area contributed by atoms with Gasteiger partial charge in [-0.1, -0.05) is 11.6 Å². The topological polar surface area (TPSA) is 68.0 Å². The molecule has 0 radical (unpaired) electrons. The Kier molecular flexibility index (Phi) is 3.46. The van der Waals surface area contributed by atoms with Crippen molar-refractivity contribution in [1.82, 2.24) is 10.3 Å². The van der Waals surface area contributed by atoms with Crippen molar-refractivity contribution < 1.29 is 4.79 Å². The largest absolute Gasteiger partial charge is 0.383 e. The van der Waals surface area contributed by atoms with Crippen molar-refractivity contribution in [2.24, 2.45) is 5.92 Å². The molecule has 0 aliphatic carbocycles. The highest BCUT2D eigenvalue weighted by molar-refractivity contribution is 6.31. The fourth-order valence-electron chi connectivity index (χ4n) is 3.39. The average Bonchev–Trinajstić information content (AvgIpc) is 2.71. The molecule has 3 heterocycles. The molecule has 3 rings (SSSR count). The molecule has 102 valence electrons. The number of ketones is 1. The van der Waals surface area contributed by atoms with E-state index in [1.165, 1.54) is 19.0 Å². The Balaban J connectivity index is 1.69. The smallest absolute Gasteiger partial charge is 0.166 e. The third kappa shape index (κ3) is 2.74. The van der Waals surface area contributed by atoms with E-state index in [4.69, 9.17) is 17.3 Å². The first-order valence-electron chi connectivity index (χ1n) is 6.82. The summed E-state index contributed by atoms with van der Waals surface area (Å²) >= 11 is 5.88. The maximum atomic E-state index is 12.3. The molecule has 2 bridgehead atoms. The summed E-state index contributed by atoms with van der Waals surface area (Å²) in [7, 11) is 0. The maximum absolute atomic E-state index is 12.3. The van der Waals surface area contributed by atoms with Gasteiger partial charge >= 0.3 is 0 Å². The molecule has 0 amide bonds. The molecule has 0 spiro atoms. The second-order valence-electron chi connectivity index (χ2n) is 5.69. The van der Waals surface area contributed by atoms with Crippen LogP contribution in [0.4, 0.5) is 5.82 Å². The molecule has 2 atom stereocenters. The third-order valence-corrected chi connectivity index (χ3v) is 4.44. The van der Waals surface area contributed by atoms with Gasteiger partial charge in [0.05, 0.1) is 10.6 Å². The minimum atomic E-state index is 0.0683. The number of carbonyl (C=O) groups excluding carboxylic acids is 1. The molecule has 0 saturated carbocycles. The summed E-state index contributed by atoms with van der Waals surface area (Å²) in [6.45, 7) is 0. The zero-order chi connectivity index (χ0) is 13.4. The Morgan fingerprint density at radius 2 is 2.11 bits per heavy atom. The quantitative estimate of drug-likeness (QED) is 0.834. The van der Waals surface area contributed by atoms with Crippen molar-refractivity contribution in [2.75, 3.05) is 5.73 Å². The fourth-order valence-corrected chi connectivity index (χ4v) is 3.55. The number of hydrogen-bond donors (Lipinski definition) is 2. The van der Waals surface area contributed by atoms with E-state index >= 15 is 0 Å². The van der Waals surface area contributed by atoms with E-state index in [0.29, 0.717) is 35.0 Å². The number of anilines is 1. The van der Waals surface area contributed by atoms with Crippen LogP contribution in [0.3, 0.4) is 0 Å². The van der Waals surface area contributed by atoms with E-state index in [2.05, 4.69) is 10.3 Å². The average molecular weight is 280 g/mol. The van der Waals surface area contributed by atoms with E-state index < -0.39 is 0 Å². The number of nitrogens with zero attached hydrogens (tertiary/aromatic N) is 1. The second kappa shape index (κ2) is 5.10. The molecule has 5 heteroatoms. The van der Waals surface area contributed by atoms with E-state index in [0.717, 1.165) is 12.8 Å². The number of piperidine rings is 1. The number of carbonyl (C=O) groups is 1. The molecule has 1 aromatic rings. The molecular weight excluding hydrogens is 262 g/mol. The van der Waals surface area contributed by atoms with E-state index in [9.17, 15) is 4.79 Å². The molecule has 2 saturated heterocycles. The minimum Gasteiger partial charge on any atom is -0.383 e. The summed E-state index contributed by atoms with van der Waals surface area (Å²) in [6, 6.07) is 2.83. The number of aromatic nitrogens is 1. The van der Waals surface area contributed by atoms with Gasteiger partial charge in [0.2, 0.25) is 0 Å². The van der Waals surface area contributed by atoms with Gasteiger partial charge in [0.15, 0.2) is 5.78 Å². The predicted molar refractivity (Wildman–Crippen MR) is 75.3 cm³/mol. The molecule has 0 aromatic carbocycles. The summed E-state index contributed by atoms with van der Waals surface area (Å²) in [6.07, 6.45) is 6.71. The van der Waals surface area contributed by atoms with Gasteiger partial charge in [-0.2, -0.15) is 0 Å². The van der Waals surface area contributed by atoms with Crippen molar-refractivity contribution in [1.29, 1.82) is 0 Å². The molecule has 1 aromatic heterocycles. The minimum absolute atomic E-state index is 0.0683. The number of halogens is 1. The number of nitrogens with two attached hydrogens (primary N) is 1. The number of rotatable bonds is 3. The maximum Gasteiger partial charge on any atom is 0.166 e. The summed E-state index contributed by atoms with van der Waals surface area (Å²) in [5, 5.41) is 4.05. The molecule has 2 fully saturated rings. The van der Waals surface area contributed by atoms with Gasteiger partial charge in [0, 0.05) is 24.7 Å². The monoisotopic (exact) mass is 279 g/mol. The van der Waals surface area contributed by atoms with Gasteiger partial charge in [0.1, 0.15) is 5.82 Å². The predicted octanol–water partition coefficient (Wildman–Crippen LogP) is 2.42. The zero-order valence-electron chi connectivity index (χ0n) is 10.7. The number of fused-ring (bicyclic) bond motifs is 2. The number of nitrogen functional groups attached to an aromatic ring is 1. The van der Waals surface area contributed by atoms with Crippen LogP contribution >= 0.6 is 11.6 Å². The highest BCUT2D eigenvalue weighted by atomic mass is 35.5. The SMILES string of the molecule is Nc1ncc(Cl)cc1C(=O)CC1CC2CCC(C1)N2. The van der Waals surface area contributed by atoms with Crippen LogP contribution < -0.4 is 11.1 Å². The third-order valence-electron chi connectivity index (χ3n) is 4.23. The van der Waals surface area contributed by atoms with E-state index in [-0.39, 0.29) is 11.6 Å². The van der Waals surface area contributed by atoms with E-state index in [1.54, 1.807) is 6.07 Å².